The van der Waals surface area contributed by atoms with Gasteiger partial charge in [-0.15, -0.1) is 11.3 Å². The molecule has 0 aliphatic carbocycles. The summed E-state index contributed by atoms with van der Waals surface area (Å²) >= 11 is 5.41. The molecule has 0 amide bonds. The Morgan fingerprint density at radius 3 is 2.79 bits per heavy atom. The van der Waals surface area contributed by atoms with Gasteiger partial charge in [-0.05, 0) is 66.7 Å². The standard InChI is InChI=1S/C15H25BrN2S/c1-4-12(17)15(13-7-8-14(16)19-13)18-9-5-6-10(2)11(18)3/h7-8,10-12,15H,4-6,9,17H2,1-3H3. The second-order valence-corrected chi connectivity index (χ2v) is 8.25. The predicted octanol–water partition coefficient (Wildman–Crippen LogP) is 4.41. The number of hydrogen-bond acceptors (Lipinski definition) is 3. The van der Waals surface area contributed by atoms with Gasteiger partial charge in [-0.1, -0.05) is 13.8 Å². The lowest BCUT2D eigenvalue weighted by atomic mass is 9.88. The molecular formula is C15H25BrN2S. The van der Waals surface area contributed by atoms with E-state index in [0.717, 1.165) is 12.3 Å². The van der Waals surface area contributed by atoms with Crippen LogP contribution in [0.3, 0.4) is 0 Å². The van der Waals surface area contributed by atoms with Crippen molar-refractivity contribution in [3.63, 3.8) is 0 Å². The number of piperidine rings is 1. The van der Waals surface area contributed by atoms with Gasteiger partial charge in [0.1, 0.15) is 0 Å². The van der Waals surface area contributed by atoms with Gasteiger partial charge in [0.2, 0.25) is 0 Å². The van der Waals surface area contributed by atoms with Gasteiger partial charge < -0.3 is 5.73 Å². The number of likely N-dealkylation sites (tertiary alicyclic amines) is 1. The van der Waals surface area contributed by atoms with Crippen molar-refractivity contribution < 1.29 is 0 Å². The highest BCUT2D eigenvalue weighted by atomic mass is 79.9. The molecule has 1 saturated heterocycles. The van der Waals surface area contributed by atoms with E-state index in [1.54, 1.807) is 0 Å². The van der Waals surface area contributed by atoms with Crippen molar-refractivity contribution >= 4 is 27.3 Å². The van der Waals surface area contributed by atoms with Crippen LogP contribution in [-0.4, -0.2) is 23.5 Å². The van der Waals surface area contributed by atoms with Crippen LogP contribution < -0.4 is 5.73 Å². The molecule has 2 heterocycles. The molecule has 1 aromatic rings. The van der Waals surface area contributed by atoms with Crippen LogP contribution in [0.5, 0.6) is 0 Å². The Kier molecular flexibility index (Phi) is 5.46. The third-order valence-electron chi connectivity index (χ3n) is 4.54. The minimum Gasteiger partial charge on any atom is -0.326 e. The molecule has 1 aliphatic heterocycles. The van der Waals surface area contributed by atoms with Crippen molar-refractivity contribution in [3.8, 4) is 0 Å². The van der Waals surface area contributed by atoms with Crippen molar-refractivity contribution in [1.29, 1.82) is 0 Å². The normalized spacial score (nSPS) is 28.3. The summed E-state index contributed by atoms with van der Waals surface area (Å²) in [4.78, 5) is 4.04. The molecule has 0 aromatic carbocycles. The minimum absolute atomic E-state index is 0.221. The summed E-state index contributed by atoms with van der Waals surface area (Å²) in [6.45, 7) is 8.11. The number of nitrogens with two attached hydrogens (primary N) is 1. The lowest BCUT2D eigenvalue weighted by molar-refractivity contribution is 0.0562. The molecule has 108 valence electrons. The van der Waals surface area contributed by atoms with Crippen molar-refractivity contribution in [2.75, 3.05) is 6.54 Å². The van der Waals surface area contributed by atoms with E-state index in [1.807, 2.05) is 11.3 Å². The molecular weight excluding hydrogens is 320 g/mol. The summed E-state index contributed by atoms with van der Waals surface area (Å²) in [6, 6.07) is 5.60. The highest BCUT2D eigenvalue weighted by Crippen LogP contribution is 2.37. The summed E-state index contributed by atoms with van der Waals surface area (Å²) in [5.41, 5.74) is 6.45. The molecule has 0 saturated carbocycles. The topological polar surface area (TPSA) is 29.3 Å². The van der Waals surface area contributed by atoms with Crippen molar-refractivity contribution in [3.05, 3.63) is 20.8 Å². The van der Waals surface area contributed by atoms with E-state index in [9.17, 15) is 0 Å². The third kappa shape index (κ3) is 3.41. The van der Waals surface area contributed by atoms with E-state index < -0.39 is 0 Å². The molecule has 0 radical (unpaired) electrons. The van der Waals surface area contributed by atoms with Crippen LogP contribution >= 0.6 is 27.3 Å². The van der Waals surface area contributed by atoms with Crippen LogP contribution in [0.2, 0.25) is 0 Å². The van der Waals surface area contributed by atoms with Gasteiger partial charge in [-0.25, -0.2) is 0 Å². The van der Waals surface area contributed by atoms with Crippen LogP contribution in [0.4, 0.5) is 0 Å². The fourth-order valence-electron chi connectivity index (χ4n) is 3.09. The van der Waals surface area contributed by atoms with Gasteiger partial charge >= 0.3 is 0 Å². The van der Waals surface area contributed by atoms with E-state index in [1.165, 1.54) is 28.0 Å². The minimum atomic E-state index is 0.221. The quantitative estimate of drug-likeness (QED) is 0.876. The smallest absolute Gasteiger partial charge is 0.0702 e. The lowest BCUT2D eigenvalue weighted by Crippen LogP contribution is -2.49. The first kappa shape index (κ1) is 15.5. The first-order chi connectivity index (χ1) is 9.04. The SMILES string of the molecule is CCC(N)C(c1ccc(Br)s1)N1CCCC(C)C1C. The Balaban J connectivity index is 2.27. The van der Waals surface area contributed by atoms with Crippen LogP contribution in [-0.2, 0) is 0 Å². The Morgan fingerprint density at radius 2 is 2.21 bits per heavy atom. The Bertz CT molecular complexity index is 407. The molecule has 4 heteroatoms. The highest BCUT2D eigenvalue weighted by Gasteiger charge is 2.34. The van der Waals surface area contributed by atoms with Gasteiger partial charge in [-0.2, -0.15) is 0 Å². The zero-order chi connectivity index (χ0) is 14.0. The maximum Gasteiger partial charge on any atom is 0.0702 e. The lowest BCUT2D eigenvalue weighted by Gasteiger charge is -2.44. The first-order valence-electron chi connectivity index (χ1n) is 7.31. The molecule has 2 nitrogen and oxygen atoms in total. The summed E-state index contributed by atoms with van der Waals surface area (Å²) in [5, 5.41) is 0. The molecule has 1 aliphatic rings. The molecule has 4 atom stereocenters. The van der Waals surface area contributed by atoms with E-state index in [0.29, 0.717) is 12.1 Å². The molecule has 1 fully saturated rings. The molecule has 0 spiro atoms. The molecule has 2 rings (SSSR count). The molecule has 4 unspecified atom stereocenters. The summed E-state index contributed by atoms with van der Waals surface area (Å²) in [7, 11) is 0. The zero-order valence-corrected chi connectivity index (χ0v) is 14.5. The number of thiophene rings is 1. The molecule has 2 N–H and O–H groups in total. The maximum absolute atomic E-state index is 6.45. The largest absolute Gasteiger partial charge is 0.326 e. The van der Waals surface area contributed by atoms with Crippen molar-refractivity contribution in [2.45, 2.75) is 58.2 Å². The third-order valence-corrected chi connectivity index (χ3v) is 6.24. The molecule has 0 bridgehead atoms. The second kappa shape index (κ2) is 6.70. The van der Waals surface area contributed by atoms with Gasteiger partial charge in [0.05, 0.1) is 9.83 Å². The van der Waals surface area contributed by atoms with Gasteiger partial charge in [-0.3, -0.25) is 4.90 Å². The van der Waals surface area contributed by atoms with Crippen LogP contribution in [0.15, 0.2) is 15.9 Å². The Labute approximate surface area is 129 Å². The summed E-state index contributed by atoms with van der Waals surface area (Å²) in [5.74, 6) is 0.767. The number of nitrogens with zero attached hydrogens (tertiary/aromatic N) is 1. The van der Waals surface area contributed by atoms with Crippen molar-refractivity contribution in [2.24, 2.45) is 11.7 Å². The number of hydrogen-bond donors (Lipinski definition) is 1. The Morgan fingerprint density at radius 1 is 1.47 bits per heavy atom. The fourth-order valence-corrected chi connectivity index (χ4v) is 4.71. The van der Waals surface area contributed by atoms with Crippen molar-refractivity contribution in [1.82, 2.24) is 4.90 Å². The first-order valence-corrected chi connectivity index (χ1v) is 8.92. The number of halogens is 1. The molecule has 19 heavy (non-hydrogen) atoms. The molecule has 1 aromatic heterocycles. The van der Waals surface area contributed by atoms with Crippen LogP contribution in [0.1, 0.15) is 51.0 Å². The van der Waals surface area contributed by atoms with Crippen LogP contribution in [0.25, 0.3) is 0 Å². The van der Waals surface area contributed by atoms with E-state index in [4.69, 9.17) is 5.73 Å². The van der Waals surface area contributed by atoms with E-state index >= 15 is 0 Å². The summed E-state index contributed by atoms with van der Waals surface area (Å²) in [6.07, 6.45) is 3.67. The maximum atomic E-state index is 6.45. The fraction of sp³-hybridized carbons (Fsp3) is 0.733. The predicted molar refractivity (Wildman–Crippen MR) is 87.6 cm³/mol. The van der Waals surface area contributed by atoms with Gasteiger partial charge in [0.25, 0.3) is 0 Å². The second-order valence-electron chi connectivity index (χ2n) is 5.76. The number of rotatable bonds is 4. The zero-order valence-electron chi connectivity index (χ0n) is 12.1. The van der Waals surface area contributed by atoms with Gasteiger partial charge in [0.15, 0.2) is 0 Å². The highest BCUT2D eigenvalue weighted by molar-refractivity contribution is 9.11. The monoisotopic (exact) mass is 344 g/mol. The van der Waals surface area contributed by atoms with E-state index in [-0.39, 0.29) is 6.04 Å². The average molecular weight is 345 g/mol. The Hall–Kier alpha value is 0.1000. The van der Waals surface area contributed by atoms with Crippen LogP contribution in [0, 0.1) is 5.92 Å². The summed E-state index contributed by atoms with van der Waals surface area (Å²) < 4.78 is 1.20. The van der Waals surface area contributed by atoms with Gasteiger partial charge in [0, 0.05) is 17.0 Å². The van der Waals surface area contributed by atoms with E-state index in [2.05, 4.69) is 53.7 Å². The average Bonchev–Trinajstić information content (AvgIpc) is 2.81.